The molecule has 0 amide bonds. The van der Waals surface area contributed by atoms with Crippen LogP contribution in [0.1, 0.15) is 11.1 Å². The third kappa shape index (κ3) is 2.59. The number of fused-ring (bicyclic) bond motifs is 5. The van der Waals surface area contributed by atoms with Gasteiger partial charge in [-0.05, 0) is 40.1 Å². The summed E-state index contributed by atoms with van der Waals surface area (Å²) in [4.78, 5) is 0. The summed E-state index contributed by atoms with van der Waals surface area (Å²) in [5.41, 5.74) is 5.14. The van der Waals surface area contributed by atoms with Crippen LogP contribution in [0.4, 0.5) is 4.39 Å². The first-order valence-corrected chi connectivity index (χ1v) is 8.13. The summed E-state index contributed by atoms with van der Waals surface area (Å²) >= 11 is 0. The Kier molecular flexibility index (Phi) is 3.84. The Balaban J connectivity index is 0.000000207. The van der Waals surface area contributed by atoms with E-state index in [4.69, 9.17) is 0 Å². The molecule has 1 aliphatic rings. The summed E-state index contributed by atoms with van der Waals surface area (Å²) in [6, 6.07) is 29.7. The molecule has 24 heavy (non-hydrogen) atoms. The Morgan fingerprint density at radius 1 is 0.542 bits per heavy atom. The molecule has 0 bridgehead atoms. The maximum absolute atomic E-state index is 13.8. The highest BCUT2D eigenvalue weighted by Crippen LogP contribution is 2.40. The average Bonchev–Trinajstić information content (AvgIpc) is 3.03. The molecule has 0 spiro atoms. The van der Waals surface area contributed by atoms with Gasteiger partial charge in [0.25, 0.3) is 0 Å². The molecule has 0 saturated carbocycles. The lowest BCUT2D eigenvalue weighted by molar-refractivity contribution is 0.640. The van der Waals surface area contributed by atoms with Crippen molar-refractivity contribution in [2.24, 2.45) is 0 Å². The lowest BCUT2D eigenvalue weighted by Crippen LogP contribution is -1.86. The van der Waals surface area contributed by atoms with Crippen molar-refractivity contribution in [2.75, 3.05) is 0 Å². The fraction of sp³-hybridized carbons (Fsp3) is 0.0435. The molecule has 5 rings (SSSR count). The molecule has 4 aromatic rings. The summed E-state index contributed by atoms with van der Waals surface area (Å²) in [7, 11) is 0. The van der Waals surface area contributed by atoms with E-state index in [0.29, 0.717) is 0 Å². The third-order valence-corrected chi connectivity index (χ3v) is 4.46. The summed E-state index contributed by atoms with van der Waals surface area (Å²) in [5.74, 6) is -0.133. The van der Waals surface area contributed by atoms with E-state index in [1.807, 2.05) is 54.6 Å². The molecule has 0 heterocycles. The Morgan fingerprint density at radius 2 is 1.25 bits per heavy atom. The van der Waals surface area contributed by atoms with Gasteiger partial charge in [0.05, 0.1) is 0 Å². The number of halogens is 1. The molecule has 1 heteroatoms. The fourth-order valence-corrected chi connectivity index (χ4v) is 3.34. The Bertz CT molecular complexity index is 960. The molecule has 0 saturated heterocycles. The zero-order chi connectivity index (χ0) is 16.4. The lowest BCUT2D eigenvalue weighted by Gasteiger charge is -2.06. The summed E-state index contributed by atoms with van der Waals surface area (Å²) in [6.45, 7) is 0. The largest absolute Gasteiger partial charge is 0.206 e. The summed E-state index contributed by atoms with van der Waals surface area (Å²) < 4.78 is 13.8. The van der Waals surface area contributed by atoms with Crippen molar-refractivity contribution < 1.29 is 4.39 Å². The number of benzene rings is 4. The Hall–Kier alpha value is -2.93. The van der Waals surface area contributed by atoms with Gasteiger partial charge in [-0.15, -0.1) is 0 Å². The molecular formula is C23H17F. The zero-order valence-electron chi connectivity index (χ0n) is 13.2. The predicted molar refractivity (Wildman–Crippen MR) is 98.6 cm³/mol. The van der Waals surface area contributed by atoms with Gasteiger partial charge in [-0.1, -0.05) is 84.9 Å². The van der Waals surface area contributed by atoms with Gasteiger partial charge in [0, 0.05) is 5.39 Å². The molecule has 0 unspecified atom stereocenters. The molecule has 116 valence electrons. The summed E-state index contributed by atoms with van der Waals surface area (Å²) in [5, 5.41) is 1.77. The highest BCUT2D eigenvalue weighted by atomic mass is 19.1. The molecule has 0 aliphatic heterocycles. The van der Waals surface area contributed by atoms with Crippen LogP contribution in [0, 0.1) is 5.82 Å². The quantitative estimate of drug-likeness (QED) is 0.317. The molecule has 0 atom stereocenters. The second-order valence-corrected chi connectivity index (χ2v) is 5.92. The predicted octanol–water partition coefficient (Wildman–Crippen LogP) is 6.24. The van der Waals surface area contributed by atoms with Crippen LogP contribution in [0.25, 0.3) is 21.9 Å². The monoisotopic (exact) mass is 312 g/mol. The first-order valence-electron chi connectivity index (χ1n) is 8.13. The minimum Gasteiger partial charge on any atom is -0.206 e. The van der Waals surface area contributed by atoms with Crippen molar-refractivity contribution in [3.63, 3.8) is 0 Å². The van der Waals surface area contributed by atoms with Crippen molar-refractivity contribution in [3.8, 4) is 11.1 Å². The van der Waals surface area contributed by atoms with Gasteiger partial charge in [-0.25, -0.2) is 4.39 Å². The molecule has 0 radical (unpaired) electrons. The second-order valence-electron chi connectivity index (χ2n) is 5.92. The van der Waals surface area contributed by atoms with Crippen molar-refractivity contribution in [1.82, 2.24) is 0 Å². The smallest absolute Gasteiger partial charge is 0.131 e. The van der Waals surface area contributed by atoms with Crippen LogP contribution < -0.4 is 0 Å². The van der Waals surface area contributed by atoms with Gasteiger partial charge < -0.3 is 0 Å². The van der Waals surface area contributed by atoms with E-state index >= 15 is 0 Å². The van der Waals surface area contributed by atoms with Gasteiger partial charge in [0.2, 0.25) is 0 Å². The topological polar surface area (TPSA) is 0 Å². The molecule has 0 aromatic heterocycles. The van der Waals surface area contributed by atoms with Gasteiger partial charge in [-0.2, -0.15) is 0 Å². The Labute approximate surface area is 141 Å². The van der Waals surface area contributed by atoms with Crippen molar-refractivity contribution in [2.45, 2.75) is 6.42 Å². The van der Waals surface area contributed by atoms with Crippen LogP contribution in [0.15, 0.2) is 91.0 Å². The van der Waals surface area contributed by atoms with Gasteiger partial charge in [0.1, 0.15) is 5.82 Å². The molecular weight excluding hydrogens is 295 g/mol. The molecule has 0 fully saturated rings. The van der Waals surface area contributed by atoms with Crippen LogP contribution in [0.5, 0.6) is 0 Å². The number of hydrogen-bond donors (Lipinski definition) is 0. The molecule has 0 nitrogen and oxygen atoms in total. The zero-order valence-corrected chi connectivity index (χ0v) is 13.2. The third-order valence-electron chi connectivity index (χ3n) is 4.46. The number of rotatable bonds is 0. The maximum atomic E-state index is 13.8. The van der Waals surface area contributed by atoms with Crippen molar-refractivity contribution >= 4 is 10.8 Å². The second kappa shape index (κ2) is 6.29. The minimum atomic E-state index is -0.133. The molecule has 0 N–H and O–H groups in total. The number of hydrogen-bond acceptors (Lipinski definition) is 0. The van der Waals surface area contributed by atoms with Crippen molar-refractivity contribution in [3.05, 3.63) is 108 Å². The highest BCUT2D eigenvalue weighted by Gasteiger charge is 2.20. The van der Waals surface area contributed by atoms with Crippen molar-refractivity contribution in [1.29, 1.82) is 0 Å². The van der Waals surface area contributed by atoms with E-state index < -0.39 is 0 Å². The fourth-order valence-electron chi connectivity index (χ4n) is 3.34. The lowest BCUT2D eigenvalue weighted by atomic mass is 9.99. The first-order chi connectivity index (χ1) is 11.8. The van der Waals surface area contributed by atoms with Crippen LogP contribution >= 0.6 is 0 Å². The van der Waals surface area contributed by atoms with Crippen LogP contribution in [0.3, 0.4) is 0 Å². The minimum absolute atomic E-state index is 0.133. The van der Waals surface area contributed by atoms with E-state index in [2.05, 4.69) is 24.3 Å². The van der Waals surface area contributed by atoms with E-state index in [9.17, 15) is 4.39 Å². The van der Waals surface area contributed by atoms with Crippen LogP contribution in [-0.2, 0) is 6.42 Å². The highest BCUT2D eigenvalue weighted by molar-refractivity contribution is 5.95. The van der Waals surface area contributed by atoms with E-state index in [0.717, 1.165) is 17.2 Å². The normalized spacial score (nSPS) is 11.4. The van der Waals surface area contributed by atoms with Gasteiger partial charge >= 0.3 is 0 Å². The van der Waals surface area contributed by atoms with E-state index in [-0.39, 0.29) is 5.82 Å². The standard InChI is InChI=1S/C17H11F.C6H6/c18-17-7-3-6-13-15(17)9-8-14-12-5-2-1-4-11(12)10-16(13)14;1-2-4-6-5-3-1/h1-9H,10H2;1-6H. The summed E-state index contributed by atoms with van der Waals surface area (Å²) in [6.07, 6.45) is 0.909. The van der Waals surface area contributed by atoms with Crippen LogP contribution in [0.2, 0.25) is 0 Å². The molecule has 4 aromatic carbocycles. The van der Waals surface area contributed by atoms with Gasteiger partial charge in [-0.3, -0.25) is 0 Å². The first kappa shape index (κ1) is 14.6. The SMILES string of the molecule is Fc1cccc2c3c(ccc12)-c1ccccc1C3.c1ccccc1. The average molecular weight is 312 g/mol. The van der Waals surface area contributed by atoms with Gasteiger partial charge in [0.15, 0.2) is 0 Å². The van der Waals surface area contributed by atoms with E-state index in [1.165, 1.54) is 28.3 Å². The Morgan fingerprint density at radius 3 is 2.00 bits per heavy atom. The van der Waals surface area contributed by atoms with Crippen LogP contribution in [-0.4, -0.2) is 0 Å². The molecule has 1 aliphatic carbocycles. The van der Waals surface area contributed by atoms with E-state index in [1.54, 1.807) is 6.07 Å². The maximum Gasteiger partial charge on any atom is 0.131 e.